The van der Waals surface area contributed by atoms with Gasteiger partial charge in [-0.05, 0) is 30.7 Å². The maximum absolute atomic E-state index is 12.4. The number of thioether (sulfide) groups is 1. The Morgan fingerprint density at radius 3 is 2.69 bits per heavy atom. The van der Waals surface area contributed by atoms with Crippen LogP contribution in [0.2, 0.25) is 5.02 Å². The molecule has 0 atom stereocenters. The molecule has 5 nitrogen and oxygen atoms in total. The molecular weight excluding hydrogens is 370 g/mol. The second-order valence-corrected chi connectivity index (χ2v) is 7.09. The van der Waals surface area contributed by atoms with Crippen molar-refractivity contribution >= 4 is 29.1 Å². The zero-order valence-electron chi connectivity index (χ0n) is 14.7. The number of carbonyl (C=O) groups is 1. The van der Waals surface area contributed by atoms with Gasteiger partial charge in [0.25, 0.3) is 0 Å². The molecule has 0 bridgehead atoms. The van der Waals surface area contributed by atoms with Gasteiger partial charge in [-0.15, -0.1) is 10.2 Å². The summed E-state index contributed by atoms with van der Waals surface area (Å²) in [6.07, 6.45) is 0. The number of methoxy groups -OCH3 is 1. The van der Waals surface area contributed by atoms with E-state index in [1.807, 2.05) is 42.8 Å². The third-order valence-corrected chi connectivity index (χ3v) is 5.34. The van der Waals surface area contributed by atoms with Crippen molar-refractivity contribution in [2.24, 2.45) is 7.05 Å². The molecule has 1 heterocycles. The number of hydrogen-bond acceptors (Lipinski definition) is 5. The molecule has 2 aromatic carbocycles. The zero-order valence-corrected chi connectivity index (χ0v) is 16.3. The second-order valence-electron chi connectivity index (χ2n) is 5.74. The summed E-state index contributed by atoms with van der Waals surface area (Å²) in [5.41, 5.74) is 2.70. The largest absolute Gasteiger partial charge is 0.495 e. The van der Waals surface area contributed by atoms with Gasteiger partial charge in [0.15, 0.2) is 16.8 Å². The number of nitrogens with zero attached hydrogens (tertiary/aromatic N) is 3. The molecule has 0 N–H and O–H groups in total. The van der Waals surface area contributed by atoms with Gasteiger partial charge >= 0.3 is 0 Å². The predicted molar refractivity (Wildman–Crippen MR) is 104 cm³/mol. The van der Waals surface area contributed by atoms with Gasteiger partial charge in [0.1, 0.15) is 5.75 Å². The fourth-order valence-electron chi connectivity index (χ4n) is 2.55. The third kappa shape index (κ3) is 3.76. The van der Waals surface area contributed by atoms with E-state index in [1.165, 1.54) is 11.8 Å². The molecule has 0 radical (unpaired) electrons. The minimum atomic E-state index is -0.0278. The fraction of sp³-hybridized carbons (Fsp3) is 0.211. The number of hydrogen-bond donors (Lipinski definition) is 0. The normalized spacial score (nSPS) is 10.8. The first-order valence-corrected chi connectivity index (χ1v) is 9.32. The molecule has 26 heavy (non-hydrogen) atoms. The highest BCUT2D eigenvalue weighted by Gasteiger charge is 2.15. The lowest BCUT2D eigenvalue weighted by atomic mass is 10.1. The SMILES string of the molecule is COc1ccc(C(=O)CSc2nnc(-c3ccccc3C)n2C)cc1Cl. The topological polar surface area (TPSA) is 57.0 Å². The van der Waals surface area contributed by atoms with Crippen LogP contribution in [0.5, 0.6) is 5.75 Å². The first-order chi connectivity index (χ1) is 12.5. The summed E-state index contributed by atoms with van der Waals surface area (Å²) >= 11 is 7.44. The Balaban J connectivity index is 1.74. The van der Waals surface area contributed by atoms with Gasteiger partial charge in [0.2, 0.25) is 0 Å². The predicted octanol–water partition coefficient (Wildman–Crippen LogP) is 4.43. The molecule has 0 aliphatic rings. The van der Waals surface area contributed by atoms with Crippen LogP contribution in [0.15, 0.2) is 47.6 Å². The van der Waals surface area contributed by atoms with Crippen molar-refractivity contribution in [3.63, 3.8) is 0 Å². The van der Waals surface area contributed by atoms with Crippen molar-refractivity contribution in [3.05, 3.63) is 58.6 Å². The molecule has 134 valence electrons. The number of carbonyl (C=O) groups excluding carboxylic acids is 1. The number of benzene rings is 2. The lowest BCUT2D eigenvalue weighted by molar-refractivity contribution is 0.102. The average Bonchev–Trinajstić information content (AvgIpc) is 3.00. The Hall–Kier alpha value is -2.31. The van der Waals surface area contributed by atoms with Crippen LogP contribution < -0.4 is 4.74 Å². The van der Waals surface area contributed by atoms with Gasteiger partial charge < -0.3 is 9.30 Å². The number of halogens is 1. The Morgan fingerprint density at radius 2 is 2.00 bits per heavy atom. The zero-order chi connectivity index (χ0) is 18.7. The van der Waals surface area contributed by atoms with E-state index in [2.05, 4.69) is 10.2 Å². The standard InChI is InChI=1S/C19H18ClN3O2S/c1-12-6-4-5-7-14(12)18-21-22-19(23(18)2)26-11-16(24)13-8-9-17(25-3)15(20)10-13/h4-10H,11H2,1-3H3. The summed E-state index contributed by atoms with van der Waals surface area (Å²) in [5.74, 6) is 1.56. The fourth-order valence-corrected chi connectivity index (χ4v) is 3.62. The van der Waals surface area contributed by atoms with Crippen LogP contribution in [0.25, 0.3) is 11.4 Å². The van der Waals surface area contributed by atoms with Crippen LogP contribution in [0.1, 0.15) is 15.9 Å². The summed E-state index contributed by atoms with van der Waals surface area (Å²) in [5, 5.41) is 9.61. The minimum absolute atomic E-state index is 0.0278. The van der Waals surface area contributed by atoms with Crippen LogP contribution in [-0.4, -0.2) is 33.4 Å². The minimum Gasteiger partial charge on any atom is -0.495 e. The number of aryl methyl sites for hydroxylation is 1. The van der Waals surface area contributed by atoms with Crippen LogP contribution in [0.4, 0.5) is 0 Å². The molecule has 0 aliphatic carbocycles. The molecule has 3 rings (SSSR count). The van der Waals surface area contributed by atoms with E-state index in [4.69, 9.17) is 16.3 Å². The summed E-state index contributed by atoms with van der Waals surface area (Å²) < 4.78 is 7.01. The van der Waals surface area contributed by atoms with Crippen LogP contribution >= 0.6 is 23.4 Å². The molecule has 0 saturated heterocycles. The van der Waals surface area contributed by atoms with Crippen molar-refractivity contribution in [1.82, 2.24) is 14.8 Å². The quantitative estimate of drug-likeness (QED) is 0.462. The summed E-state index contributed by atoms with van der Waals surface area (Å²) in [4.78, 5) is 12.4. The highest BCUT2D eigenvalue weighted by atomic mass is 35.5. The monoisotopic (exact) mass is 387 g/mol. The number of ether oxygens (including phenoxy) is 1. The van der Waals surface area contributed by atoms with Gasteiger partial charge in [-0.3, -0.25) is 4.79 Å². The van der Waals surface area contributed by atoms with E-state index in [1.54, 1.807) is 25.3 Å². The molecule has 0 unspecified atom stereocenters. The molecule has 0 saturated carbocycles. The van der Waals surface area contributed by atoms with E-state index < -0.39 is 0 Å². The number of aromatic nitrogens is 3. The number of rotatable bonds is 6. The highest BCUT2D eigenvalue weighted by Crippen LogP contribution is 2.27. The molecule has 3 aromatic rings. The van der Waals surface area contributed by atoms with E-state index in [0.29, 0.717) is 21.5 Å². The highest BCUT2D eigenvalue weighted by molar-refractivity contribution is 7.99. The summed E-state index contributed by atoms with van der Waals surface area (Å²) in [6, 6.07) is 13.0. The maximum atomic E-state index is 12.4. The number of ketones is 1. The Labute approximate surface area is 161 Å². The van der Waals surface area contributed by atoms with Crippen LogP contribution in [0.3, 0.4) is 0 Å². The van der Waals surface area contributed by atoms with Gasteiger partial charge in [0.05, 0.1) is 17.9 Å². The van der Waals surface area contributed by atoms with E-state index >= 15 is 0 Å². The molecule has 0 spiro atoms. The first kappa shape index (κ1) is 18.5. The van der Waals surface area contributed by atoms with Crippen molar-refractivity contribution in [2.75, 3.05) is 12.9 Å². The lowest BCUT2D eigenvalue weighted by Gasteiger charge is -2.07. The molecule has 7 heteroatoms. The molecule has 1 aromatic heterocycles. The smallest absolute Gasteiger partial charge is 0.191 e. The molecular formula is C19H18ClN3O2S. The van der Waals surface area contributed by atoms with Crippen molar-refractivity contribution in [2.45, 2.75) is 12.1 Å². The van der Waals surface area contributed by atoms with E-state index in [-0.39, 0.29) is 11.5 Å². The van der Waals surface area contributed by atoms with Crippen molar-refractivity contribution < 1.29 is 9.53 Å². The Morgan fingerprint density at radius 1 is 1.23 bits per heavy atom. The molecule has 0 amide bonds. The molecule has 0 fully saturated rings. The van der Waals surface area contributed by atoms with Gasteiger partial charge in [-0.1, -0.05) is 47.6 Å². The van der Waals surface area contributed by atoms with Gasteiger partial charge in [-0.2, -0.15) is 0 Å². The molecule has 0 aliphatic heterocycles. The Bertz CT molecular complexity index is 956. The first-order valence-electron chi connectivity index (χ1n) is 7.96. The third-order valence-electron chi connectivity index (χ3n) is 4.03. The average molecular weight is 388 g/mol. The second kappa shape index (κ2) is 7.93. The van der Waals surface area contributed by atoms with Gasteiger partial charge in [-0.25, -0.2) is 0 Å². The summed E-state index contributed by atoms with van der Waals surface area (Å²) in [6.45, 7) is 2.04. The van der Waals surface area contributed by atoms with Gasteiger partial charge in [0, 0.05) is 18.2 Å². The van der Waals surface area contributed by atoms with E-state index in [9.17, 15) is 4.79 Å². The van der Waals surface area contributed by atoms with Crippen molar-refractivity contribution in [1.29, 1.82) is 0 Å². The van der Waals surface area contributed by atoms with Crippen molar-refractivity contribution in [3.8, 4) is 17.1 Å². The van der Waals surface area contributed by atoms with Crippen LogP contribution in [-0.2, 0) is 7.05 Å². The van der Waals surface area contributed by atoms with Crippen LogP contribution in [0, 0.1) is 6.92 Å². The Kier molecular flexibility index (Phi) is 5.64. The van der Waals surface area contributed by atoms with E-state index in [0.717, 1.165) is 17.0 Å². The summed E-state index contributed by atoms with van der Waals surface area (Å²) in [7, 11) is 3.44. The lowest BCUT2D eigenvalue weighted by Crippen LogP contribution is -2.04. The maximum Gasteiger partial charge on any atom is 0.191 e. The number of Topliss-reactive ketones (excluding diaryl/α,β-unsaturated/α-hetero) is 1.